The maximum absolute atomic E-state index is 17.3. The van der Waals surface area contributed by atoms with Crippen LogP contribution in [0.25, 0.3) is 11.1 Å². The number of halogens is 3. The van der Waals surface area contributed by atoms with Gasteiger partial charge in [-0.15, -0.1) is 0 Å². The molecule has 52 heavy (non-hydrogen) atoms. The van der Waals surface area contributed by atoms with Crippen LogP contribution in [-0.2, 0) is 27.6 Å². The molecule has 0 aromatic heterocycles. The van der Waals surface area contributed by atoms with Crippen molar-refractivity contribution in [1.29, 1.82) is 0 Å². The average Bonchev–Trinajstić information content (AvgIpc) is 3.57. The maximum Gasteiger partial charge on any atom is 0.407 e. The fourth-order valence-electron chi connectivity index (χ4n) is 7.09. The highest BCUT2D eigenvalue weighted by Crippen LogP contribution is 2.53. The Kier molecular flexibility index (Phi) is 11.3. The number of carbonyl (C=O) groups excluding carboxylic acids is 2. The smallest absolute Gasteiger partial charge is 0.407 e. The van der Waals surface area contributed by atoms with Crippen LogP contribution in [0.1, 0.15) is 106 Å². The standard InChI is InChI=1S/C41H53ClF2N2O5Si/c1-24-26-20-28(37(47)45-8)34(36(44)27(26)21-31(24)51-52(9,10)40(5,6)7)33-29-23-41(25-16-12-11-13-17-25,49-32(29)22-30(43)35(33)42)18-14-15-19-46-38(48)50-39(2,3)4/h11-13,16-17,20,22,24,31H,14-15,18-19,21,23H2,1-10H3,(H,45,47)(H,46,48)/t24?,31?,41-/m0/s1. The molecule has 7 nitrogen and oxygen atoms in total. The van der Waals surface area contributed by atoms with Crippen LogP contribution in [0.5, 0.6) is 5.75 Å². The molecule has 0 saturated heterocycles. The van der Waals surface area contributed by atoms with Crippen molar-refractivity contribution in [3.8, 4) is 16.9 Å². The number of alkyl carbamates (subject to hydrolysis) is 1. The number of carbonyl (C=O) groups is 2. The van der Waals surface area contributed by atoms with Crippen LogP contribution in [0.15, 0.2) is 42.5 Å². The number of benzene rings is 3. The zero-order valence-corrected chi connectivity index (χ0v) is 33.9. The van der Waals surface area contributed by atoms with E-state index in [1.54, 1.807) is 6.07 Å². The van der Waals surface area contributed by atoms with Gasteiger partial charge in [0.1, 0.15) is 28.6 Å². The summed E-state index contributed by atoms with van der Waals surface area (Å²) in [7, 11) is -0.726. The second-order valence-electron chi connectivity index (χ2n) is 16.7. The second kappa shape index (κ2) is 14.7. The lowest BCUT2D eigenvalue weighted by molar-refractivity contribution is 0.0523. The van der Waals surface area contributed by atoms with Crippen LogP contribution >= 0.6 is 11.6 Å². The number of amides is 2. The summed E-state index contributed by atoms with van der Waals surface area (Å²) >= 11 is 6.81. The van der Waals surface area contributed by atoms with E-state index in [0.29, 0.717) is 48.9 Å². The SMILES string of the molecule is CNC(=O)c1cc2c(c(F)c1-c1c(Cl)c(F)cc3c1C[C@@](CCCCNC(=O)OC(C)(C)C)(c1ccccc1)O3)CC(O[Si](C)(C)C(C)(C)C)C2C. The predicted molar refractivity (Wildman–Crippen MR) is 205 cm³/mol. The normalized spacial score (nSPS) is 19.9. The van der Waals surface area contributed by atoms with Crippen molar-refractivity contribution >= 4 is 31.9 Å². The molecule has 11 heteroatoms. The summed E-state index contributed by atoms with van der Waals surface area (Å²) in [6.07, 6.45) is 1.62. The first kappa shape index (κ1) is 39.7. The van der Waals surface area contributed by atoms with Crippen molar-refractivity contribution in [2.45, 2.75) is 122 Å². The Balaban J connectivity index is 1.55. The van der Waals surface area contributed by atoms with E-state index >= 15 is 8.78 Å². The molecule has 2 unspecified atom stereocenters. The highest BCUT2D eigenvalue weighted by molar-refractivity contribution is 6.74. The number of unbranched alkanes of at least 4 members (excludes halogenated alkanes) is 1. The lowest BCUT2D eigenvalue weighted by Gasteiger charge is -2.39. The third-order valence-electron chi connectivity index (χ3n) is 10.9. The number of nitrogens with one attached hydrogen (secondary N) is 2. The molecule has 3 aromatic rings. The van der Waals surface area contributed by atoms with Gasteiger partial charge in [0.2, 0.25) is 0 Å². The average molecular weight is 755 g/mol. The Morgan fingerprint density at radius 3 is 2.31 bits per heavy atom. The second-order valence-corrected chi connectivity index (χ2v) is 21.9. The Labute approximate surface area is 313 Å². The molecular weight excluding hydrogens is 702 g/mol. The van der Waals surface area contributed by atoms with Gasteiger partial charge in [0, 0.05) is 55.1 Å². The van der Waals surface area contributed by atoms with Gasteiger partial charge in [0.05, 0.1) is 16.7 Å². The van der Waals surface area contributed by atoms with E-state index < -0.39 is 43.2 Å². The summed E-state index contributed by atoms with van der Waals surface area (Å²) < 4.78 is 52.0. The van der Waals surface area contributed by atoms with Crippen molar-refractivity contribution in [2.75, 3.05) is 13.6 Å². The first-order chi connectivity index (χ1) is 24.2. The predicted octanol–water partition coefficient (Wildman–Crippen LogP) is 10.2. The molecule has 1 heterocycles. The molecular formula is C41H53ClF2N2O5Si. The zero-order valence-electron chi connectivity index (χ0n) is 32.1. The van der Waals surface area contributed by atoms with Crippen molar-refractivity contribution in [2.24, 2.45) is 0 Å². The zero-order chi connectivity index (χ0) is 38.4. The molecule has 0 spiro atoms. The molecule has 1 aliphatic heterocycles. The lowest BCUT2D eigenvalue weighted by atomic mass is 9.82. The number of rotatable bonds is 10. The van der Waals surface area contributed by atoms with Gasteiger partial charge in [-0.25, -0.2) is 13.6 Å². The van der Waals surface area contributed by atoms with E-state index in [9.17, 15) is 9.59 Å². The van der Waals surface area contributed by atoms with Gasteiger partial charge in [-0.1, -0.05) is 69.6 Å². The molecule has 0 radical (unpaired) electrons. The minimum absolute atomic E-state index is 0.0342. The van der Waals surface area contributed by atoms with E-state index in [1.807, 2.05) is 58.0 Å². The van der Waals surface area contributed by atoms with E-state index in [0.717, 1.165) is 5.56 Å². The first-order valence-corrected chi connectivity index (χ1v) is 21.5. The van der Waals surface area contributed by atoms with Gasteiger partial charge in [0.15, 0.2) is 8.32 Å². The molecule has 2 N–H and O–H groups in total. The molecule has 3 aromatic carbocycles. The number of hydrogen-bond donors (Lipinski definition) is 2. The van der Waals surface area contributed by atoms with Crippen LogP contribution in [0.3, 0.4) is 0 Å². The highest BCUT2D eigenvalue weighted by atomic mass is 35.5. The number of fused-ring (bicyclic) bond motifs is 2. The first-order valence-electron chi connectivity index (χ1n) is 18.2. The molecule has 2 amide bonds. The Morgan fingerprint density at radius 1 is 1.02 bits per heavy atom. The summed E-state index contributed by atoms with van der Waals surface area (Å²) in [5, 5.41) is 5.15. The van der Waals surface area contributed by atoms with Crippen molar-refractivity contribution in [3.63, 3.8) is 0 Å². The largest absolute Gasteiger partial charge is 0.482 e. The number of hydrogen-bond acceptors (Lipinski definition) is 5. The van der Waals surface area contributed by atoms with Gasteiger partial charge in [-0.3, -0.25) is 4.79 Å². The molecule has 2 aliphatic rings. The molecule has 5 rings (SSSR count). The molecule has 1 aliphatic carbocycles. The van der Waals surface area contributed by atoms with Crippen LogP contribution in [-0.4, -0.2) is 45.6 Å². The Morgan fingerprint density at radius 2 is 1.69 bits per heavy atom. The molecule has 3 atom stereocenters. The summed E-state index contributed by atoms with van der Waals surface area (Å²) in [4.78, 5) is 25.8. The lowest BCUT2D eigenvalue weighted by Crippen LogP contribution is -2.44. The van der Waals surface area contributed by atoms with Crippen LogP contribution in [0.4, 0.5) is 13.6 Å². The maximum atomic E-state index is 17.3. The van der Waals surface area contributed by atoms with E-state index in [2.05, 4.69) is 44.5 Å². The fraction of sp³-hybridized carbons (Fsp3) is 0.512. The Bertz CT molecular complexity index is 1840. The van der Waals surface area contributed by atoms with Gasteiger partial charge in [0.25, 0.3) is 5.91 Å². The van der Waals surface area contributed by atoms with Gasteiger partial charge < -0.3 is 24.5 Å². The van der Waals surface area contributed by atoms with E-state index in [1.165, 1.54) is 13.1 Å². The quantitative estimate of drug-likeness (QED) is 0.159. The monoisotopic (exact) mass is 754 g/mol. The highest BCUT2D eigenvalue weighted by Gasteiger charge is 2.46. The molecule has 282 valence electrons. The molecule has 0 saturated carbocycles. The van der Waals surface area contributed by atoms with Crippen LogP contribution < -0.4 is 15.4 Å². The van der Waals surface area contributed by atoms with Gasteiger partial charge in [-0.05, 0) is 80.9 Å². The van der Waals surface area contributed by atoms with Crippen LogP contribution in [0, 0.1) is 11.6 Å². The summed E-state index contributed by atoms with van der Waals surface area (Å²) in [6, 6.07) is 12.6. The molecule has 0 fully saturated rings. The third-order valence-corrected chi connectivity index (χ3v) is 15.7. The summed E-state index contributed by atoms with van der Waals surface area (Å²) in [5.74, 6) is -1.77. The summed E-state index contributed by atoms with van der Waals surface area (Å²) in [5.41, 5.74) is 1.21. The third kappa shape index (κ3) is 7.89. The van der Waals surface area contributed by atoms with E-state index in [-0.39, 0.29) is 50.9 Å². The topological polar surface area (TPSA) is 85.9 Å². The molecule has 0 bridgehead atoms. The Hall–Kier alpha value is -3.47. The van der Waals surface area contributed by atoms with E-state index in [4.69, 9.17) is 25.5 Å². The minimum atomic E-state index is -2.21. The minimum Gasteiger partial charge on any atom is -0.482 e. The fourth-order valence-corrected chi connectivity index (χ4v) is 8.75. The van der Waals surface area contributed by atoms with Crippen molar-refractivity contribution in [3.05, 3.63) is 86.9 Å². The van der Waals surface area contributed by atoms with Gasteiger partial charge >= 0.3 is 6.09 Å². The van der Waals surface area contributed by atoms with Crippen molar-refractivity contribution < 1.29 is 32.3 Å². The van der Waals surface area contributed by atoms with Gasteiger partial charge in [-0.2, -0.15) is 0 Å². The van der Waals surface area contributed by atoms with Crippen LogP contribution in [0.2, 0.25) is 23.2 Å². The van der Waals surface area contributed by atoms with Crippen molar-refractivity contribution in [1.82, 2.24) is 10.6 Å². The summed E-state index contributed by atoms with van der Waals surface area (Å²) in [6.45, 7) is 18.7. The number of ether oxygens (including phenoxy) is 2.